The summed E-state index contributed by atoms with van der Waals surface area (Å²) in [5.74, 6) is -0.604. The molecule has 3 aromatic heterocycles. The lowest BCUT2D eigenvalue weighted by molar-refractivity contribution is 0.0941. The first-order valence-electron chi connectivity index (χ1n) is 12.2. The predicted octanol–water partition coefficient (Wildman–Crippen LogP) is 5.38. The van der Waals surface area contributed by atoms with Crippen LogP contribution in [0.25, 0.3) is 22.3 Å². The Kier molecular flexibility index (Phi) is 5.84. The molecule has 2 aliphatic heterocycles. The van der Waals surface area contributed by atoms with Crippen molar-refractivity contribution in [3.8, 4) is 17.0 Å². The quantitative estimate of drug-likeness (QED) is 0.326. The molecule has 9 heteroatoms. The van der Waals surface area contributed by atoms with Crippen LogP contribution in [0.1, 0.15) is 46.6 Å². The average Bonchev–Trinajstić information content (AvgIpc) is 3.29. The Hall–Kier alpha value is -4.24. The van der Waals surface area contributed by atoms with Gasteiger partial charge in [-0.05, 0) is 43.2 Å². The molecule has 2 aliphatic rings. The highest BCUT2D eigenvalue weighted by molar-refractivity contribution is 6.08. The van der Waals surface area contributed by atoms with E-state index in [1.807, 2.05) is 18.2 Å². The van der Waals surface area contributed by atoms with Gasteiger partial charge in [-0.15, -0.1) is 0 Å². The number of carbonyl (C=O) groups is 1. The van der Waals surface area contributed by atoms with Gasteiger partial charge in [-0.2, -0.15) is 0 Å². The molecule has 8 nitrogen and oxygen atoms in total. The number of methoxy groups -OCH3 is 2. The van der Waals surface area contributed by atoms with Crippen LogP contribution >= 0.6 is 0 Å². The number of hydrogen-bond donors (Lipinski definition) is 3. The van der Waals surface area contributed by atoms with E-state index < -0.39 is 5.82 Å². The van der Waals surface area contributed by atoms with Crippen LogP contribution in [-0.2, 0) is 4.74 Å². The zero-order valence-corrected chi connectivity index (χ0v) is 20.5. The van der Waals surface area contributed by atoms with E-state index in [4.69, 9.17) is 14.5 Å². The second kappa shape index (κ2) is 9.33. The normalized spacial score (nSPS) is 19.5. The summed E-state index contributed by atoms with van der Waals surface area (Å²) in [6.07, 6.45) is 7.13. The van der Waals surface area contributed by atoms with E-state index in [2.05, 4.69) is 32.8 Å². The van der Waals surface area contributed by atoms with Gasteiger partial charge in [0.1, 0.15) is 6.10 Å². The molecule has 0 fully saturated rings. The minimum Gasteiger partial charge on any atom is -0.492 e. The van der Waals surface area contributed by atoms with Crippen molar-refractivity contribution in [3.63, 3.8) is 0 Å². The number of nitrogens with one attached hydrogen (secondary N) is 3. The summed E-state index contributed by atoms with van der Waals surface area (Å²) in [6.45, 7) is 0.504. The van der Waals surface area contributed by atoms with Crippen LogP contribution in [0.3, 0.4) is 0 Å². The third-order valence-electron chi connectivity index (χ3n) is 7.03. The molecule has 37 heavy (non-hydrogen) atoms. The summed E-state index contributed by atoms with van der Waals surface area (Å²) >= 11 is 0. The van der Waals surface area contributed by atoms with Crippen LogP contribution in [0, 0.1) is 5.82 Å². The van der Waals surface area contributed by atoms with E-state index >= 15 is 0 Å². The van der Waals surface area contributed by atoms with Crippen molar-refractivity contribution < 1.29 is 18.7 Å². The smallest absolute Gasteiger partial charge is 0.255 e. The number of benzene rings is 1. The maximum absolute atomic E-state index is 14.6. The van der Waals surface area contributed by atoms with Crippen LogP contribution < -0.4 is 15.4 Å². The Morgan fingerprint density at radius 1 is 1.11 bits per heavy atom. The van der Waals surface area contributed by atoms with Crippen LogP contribution in [0.15, 0.2) is 54.7 Å². The number of rotatable bonds is 4. The van der Waals surface area contributed by atoms with Crippen molar-refractivity contribution in [1.82, 2.24) is 20.3 Å². The summed E-state index contributed by atoms with van der Waals surface area (Å²) in [4.78, 5) is 26.3. The summed E-state index contributed by atoms with van der Waals surface area (Å²) in [5.41, 5.74) is 5.89. The first-order chi connectivity index (χ1) is 18.1. The molecule has 4 bridgehead atoms. The topological polar surface area (TPSA) is 101 Å². The molecule has 188 valence electrons. The fourth-order valence-corrected chi connectivity index (χ4v) is 5.18. The van der Waals surface area contributed by atoms with E-state index in [9.17, 15) is 9.18 Å². The number of para-hydroxylation sites is 1. The largest absolute Gasteiger partial charge is 0.492 e. The number of aromatic amines is 1. The molecule has 1 aromatic carbocycles. The number of nitrogens with zero attached hydrogens (tertiary/aromatic N) is 2. The molecule has 6 rings (SSSR count). The van der Waals surface area contributed by atoms with Crippen LogP contribution in [0.4, 0.5) is 15.8 Å². The summed E-state index contributed by atoms with van der Waals surface area (Å²) in [7, 11) is 3.10. The number of fused-ring (bicyclic) bond motifs is 3. The monoisotopic (exact) mass is 499 g/mol. The van der Waals surface area contributed by atoms with Crippen molar-refractivity contribution in [1.29, 1.82) is 0 Å². The fraction of sp³-hybridized carbons (Fsp3) is 0.250. The van der Waals surface area contributed by atoms with Gasteiger partial charge >= 0.3 is 0 Å². The maximum Gasteiger partial charge on any atom is 0.255 e. The maximum atomic E-state index is 14.6. The lowest BCUT2D eigenvalue weighted by Crippen LogP contribution is -2.34. The van der Waals surface area contributed by atoms with Gasteiger partial charge in [-0.3, -0.25) is 9.78 Å². The van der Waals surface area contributed by atoms with Crippen LogP contribution in [0.5, 0.6) is 5.75 Å². The molecule has 2 atom stereocenters. The van der Waals surface area contributed by atoms with Gasteiger partial charge in [0.15, 0.2) is 11.6 Å². The Balaban J connectivity index is 1.64. The van der Waals surface area contributed by atoms with E-state index in [0.717, 1.165) is 23.4 Å². The van der Waals surface area contributed by atoms with Gasteiger partial charge in [0, 0.05) is 37.0 Å². The first-order valence-corrected chi connectivity index (χ1v) is 12.2. The molecule has 0 saturated heterocycles. The number of H-pyrrole nitrogens is 1. The molecule has 3 N–H and O–H groups in total. The van der Waals surface area contributed by atoms with E-state index in [0.29, 0.717) is 46.6 Å². The Morgan fingerprint density at radius 2 is 1.97 bits per heavy atom. The predicted molar refractivity (Wildman–Crippen MR) is 139 cm³/mol. The SMILES string of the molecule is COc1c(F)cccc1Nc1c2[nH]c3c1C(=O)NC[C@@H]3C/C=C\C[C@H](OC)c1ccc3nccc-2c3n1. The van der Waals surface area contributed by atoms with Crippen molar-refractivity contribution in [2.45, 2.75) is 24.9 Å². The van der Waals surface area contributed by atoms with Crippen molar-refractivity contribution >= 4 is 28.3 Å². The number of pyridine rings is 2. The van der Waals surface area contributed by atoms with Crippen molar-refractivity contribution in [3.05, 3.63) is 77.5 Å². The first kappa shape index (κ1) is 23.2. The number of amides is 1. The van der Waals surface area contributed by atoms with Crippen molar-refractivity contribution in [2.75, 3.05) is 26.1 Å². The molecule has 5 heterocycles. The number of anilines is 2. The molecule has 4 aromatic rings. The lowest BCUT2D eigenvalue weighted by atomic mass is 9.93. The Morgan fingerprint density at radius 3 is 2.81 bits per heavy atom. The number of carbonyl (C=O) groups excluding carboxylic acids is 1. The van der Waals surface area contributed by atoms with E-state index in [-0.39, 0.29) is 23.7 Å². The zero-order valence-electron chi connectivity index (χ0n) is 20.5. The van der Waals surface area contributed by atoms with E-state index in [1.165, 1.54) is 13.2 Å². The number of halogens is 1. The molecule has 0 aliphatic carbocycles. The molecule has 0 spiro atoms. The lowest BCUT2D eigenvalue weighted by Gasteiger charge is -2.23. The number of ether oxygens (including phenoxy) is 2. The minimum absolute atomic E-state index is 0.0304. The third kappa shape index (κ3) is 3.92. The van der Waals surface area contributed by atoms with Gasteiger partial charge in [-0.25, -0.2) is 9.37 Å². The number of aromatic nitrogens is 3. The number of hydrogen-bond acceptors (Lipinski definition) is 6. The van der Waals surface area contributed by atoms with Crippen molar-refractivity contribution in [2.24, 2.45) is 0 Å². The highest BCUT2D eigenvalue weighted by Gasteiger charge is 2.33. The number of allylic oxidation sites excluding steroid dienone is 1. The molecule has 0 saturated carbocycles. The summed E-state index contributed by atoms with van der Waals surface area (Å²) in [5, 5.41) is 6.34. The minimum atomic E-state index is -0.501. The van der Waals surface area contributed by atoms with Gasteiger partial charge in [0.25, 0.3) is 5.91 Å². The average molecular weight is 500 g/mol. The second-order valence-electron chi connectivity index (χ2n) is 9.15. The molecular formula is C28H26FN5O3. The standard InChI is InChI=1S/C28H26FN5O3/c1-36-21-9-4-3-6-15-14-31-28(35)22-23(15)34-25(16-12-13-30-19-11-10-18(21)32-24(16)19)26(22)33-20-8-5-7-17(29)27(20)37-2/h3-5,7-8,10-13,15,21,33-34H,6,9,14H2,1-2H3,(H,31,35)/b4-3-/t15-,21-/m0/s1. The third-order valence-corrected chi connectivity index (χ3v) is 7.03. The summed E-state index contributed by atoms with van der Waals surface area (Å²) in [6, 6.07) is 10.4. The fourth-order valence-electron chi connectivity index (χ4n) is 5.18. The molecule has 0 radical (unpaired) electrons. The van der Waals surface area contributed by atoms with Crippen LogP contribution in [0.2, 0.25) is 0 Å². The Bertz CT molecular complexity index is 1550. The second-order valence-corrected chi connectivity index (χ2v) is 9.15. The molecule has 0 unspecified atom stereocenters. The molecular weight excluding hydrogens is 473 g/mol. The van der Waals surface area contributed by atoms with Crippen LogP contribution in [-0.4, -0.2) is 41.6 Å². The highest BCUT2D eigenvalue weighted by atomic mass is 19.1. The Labute approximate surface area is 212 Å². The molecule has 1 amide bonds. The van der Waals surface area contributed by atoms with Gasteiger partial charge < -0.3 is 25.1 Å². The van der Waals surface area contributed by atoms with Gasteiger partial charge in [0.05, 0.1) is 46.5 Å². The van der Waals surface area contributed by atoms with Gasteiger partial charge in [-0.1, -0.05) is 18.2 Å². The van der Waals surface area contributed by atoms with E-state index in [1.54, 1.807) is 25.4 Å². The zero-order chi connectivity index (χ0) is 25.5. The highest BCUT2D eigenvalue weighted by Crippen LogP contribution is 2.43. The van der Waals surface area contributed by atoms with Gasteiger partial charge in [0.2, 0.25) is 0 Å². The summed E-state index contributed by atoms with van der Waals surface area (Å²) < 4.78 is 25.7.